The third-order valence-corrected chi connectivity index (χ3v) is 6.85. The second kappa shape index (κ2) is 18.8. The van der Waals surface area contributed by atoms with E-state index in [2.05, 4.69) is 0 Å². The van der Waals surface area contributed by atoms with E-state index in [1.54, 1.807) is 0 Å². The van der Waals surface area contributed by atoms with Gasteiger partial charge in [-0.15, -0.1) is 0 Å². The molecule has 0 saturated carbocycles. The van der Waals surface area contributed by atoms with E-state index < -0.39 is 17.5 Å². The highest BCUT2D eigenvalue weighted by atomic mass is 16.7. The molecular weight excluding hydrogens is 540 g/mol. The van der Waals surface area contributed by atoms with Gasteiger partial charge in [0.2, 0.25) is 12.1 Å². The van der Waals surface area contributed by atoms with Crippen molar-refractivity contribution in [2.45, 2.75) is 17.5 Å². The van der Waals surface area contributed by atoms with E-state index in [-0.39, 0.29) is 19.8 Å². The van der Waals surface area contributed by atoms with Crippen molar-refractivity contribution in [3.63, 3.8) is 0 Å². The standard InChI is InChI=1S/C33H44O9/c1-36-31(42-27-26-41-25-24-40-23-22-39-21-20-38-19-18-34)33(35,37-2)32(28-12-6-3-7-13-28,29-14-8-4-9-15-29)30-16-10-5-11-17-30/h3-17,31,34-35H,18-27H2,1-2H3. The number of hydrogen-bond acceptors (Lipinski definition) is 9. The summed E-state index contributed by atoms with van der Waals surface area (Å²) in [6, 6.07) is 29.2. The minimum atomic E-state index is -1.99. The fraction of sp³-hybridized carbons (Fsp3) is 0.455. The fourth-order valence-corrected chi connectivity index (χ4v) is 4.99. The van der Waals surface area contributed by atoms with Crippen molar-refractivity contribution in [2.24, 2.45) is 0 Å². The Balaban J connectivity index is 1.66. The van der Waals surface area contributed by atoms with Gasteiger partial charge < -0.3 is 43.4 Å². The number of methoxy groups -OCH3 is 2. The fourth-order valence-electron chi connectivity index (χ4n) is 4.99. The molecule has 9 nitrogen and oxygen atoms in total. The van der Waals surface area contributed by atoms with Crippen LogP contribution in [0.4, 0.5) is 0 Å². The summed E-state index contributed by atoms with van der Waals surface area (Å²) in [5.74, 6) is -1.99. The lowest BCUT2D eigenvalue weighted by Crippen LogP contribution is -2.63. The molecule has 0 radical (unpaired) electrons. The van der Waals surface area contributed by atoms with Gasteiger partial charge in [0.25, 0.3) is 0 Å². The number of ether oxygens (including phenoxy) is 7. The molecule has 0 fully saturated rings. The van der Waals surface area contributed by atoms with Crippen LogP contribution in [0.25, 0.3) is 0 Å². The quantitative estimate of drug-likeness (QED) is 0.104. The Labute approximate surface area is 248 Å². The van der Waals surface area contributed by atoms with Gasteiger partial charge >= 0.3 is 0 Å². The summed E-state index contributed by atoms with van der Waals surface area (Å²) in [6.07, 6.45) is -1.18. The highest BCUT2D eigenvalue weighted by Gasteiger charge is 2.60. The monoisotopic (exact) mass is 584 g/mol. The second-order valence-corrected chi connectivity index (χ2v) is 9.36. The highest BCUT2D eigenvalue weighted by molar-refractivity contribution is 5.53. The zero-order chi connectivity index (χ0) is 29.9. The lowest BCUT2D eigenvalue weighted by molar-refractivity contribution is -0.341. The SMILES string of the molecule is COC(OCCOCCOCCOCCOCCO)C(O)(OC)C(c1ccccc1)(c1ccccc1)c1ccccc1. The summed E-state index contributed by atoms with van der Waals surface area (Å²) in [5, 5.41) is 21.3. The van der Waals surface area contributed by atoms with Crippen LogP contribution in [0.3, 0.4) is 0 Å². The number of rotatable bonds is 22. The van der Waals surface area contributed by atoms with Gasteiger partial charge in [0.05, 0.1) is 66.1 Å². The third-order valence-electron chi connectivity index (χ3n) is 6.85. The van der Waals surface area contributed by atoms with Gasteiger partial charge in [-0.2, -0.15) is 0 Å². The maximum atomic E-state index is 12.6. The Morgan fingerprint density at radius 1 is 0.548 bits per heavy atom. The first-order valence-electron chi connectivity index (χ1n) is 14.2. The molecule has 0 saturated heterocycles. The summed E-state index contributed by atoms with van der Waals surface area (Å²) in [4.78, 5) is 0. The van der Waals surface area contributed by atoms with Crippen LogP contribution in [-0.4, -0.2) is 103 Å². The van der Waals surface area contributed by atoms with E-state index in [0.717, 1.165) is 16.7 Å². The molecule has 3 aromatic carbocycles. The Morgan fingerprint density at radius 2 is 0.905 bits per heavy atom. The average molecular weight is 585 g/mol. The largest absolute Gasteiger partial charge is 0.394 e. The van der Waals surface area contributed by atoms with E-state index in [1.165, 1.54) is 14.2 Å². The first-order chi connectivity index (χ1) is 20.6. The van der Waals surface area contributed by atoms with E-state index in [1.807, 2.05) is 91.0 Å². The van der Waals surface area contributed by atoms with Crippen LogP contribution in [0.15, 0.2) is 91.0 Å². The normalized spacial score (nSPS) is 14.0. The molecule has 230 valence electrons. The first-order valence-corrected chi connectivity index (χ1v) is 14.2. The Bertz CT molecular complexity index is 988. The molecule has 3 rings (SSSR count). The predicted molar refractivity (Wildman–Crippen MR) is 158 cm³/mol. The van der Waals surface area contributed by atoms with Crippen molar-refractivity contribution in [1.29, 1.82) is 0 Å². The Hall–Kier alpha value is -2.70. The molecule has 3 aromatic rings. The molecule has 0 aromatic heterocycles. The lowest BCUT2D eigenvalue weighted by atomic mass is 9.63. The third kappa shape index (κ3) is 8.67. The lowest BCUT2D eigenvalue weighted by Gasteiger charge is -2.49. The summed E-state index contributed by atoms with van der Waals surface area (Å²) in [7, 11) is 2.94. The van der Waals surface area contributed by atoms with Crippen LogP contribution in [0.2, 0.25) is 0 Å². The molecule has 2 atom stereocenters. The number of aliphatic hydroxyl groups is 2. The van der Waals surface area contributed by atoms with Crippen molar-refractivity contribution >= 4 is 0 Å². The van der Waals surface area contributed by atoms with Gasteiger partial charge in [-0.1, -0.05) is 91.0 Å². The molecular formula is C33H44O9. The molecule has 42 heavy (non-hydrogen) atoms. The molecule has 0 aliphatic rings. The summed E-state index contributed by atoms with van der Waals surface area (Å²) in [6.45, 7) is 3.27. The first kappa shape index (κ1) is 33.8. The number of benzene rings is 3. The zero-order valence-corrected chi connectivity index (χ0v) is 24.6. The Kier molecular flexibility index (Phi) is 15.1. The second-order valence-electron chi connectivity index (χ2n) is 9.36. The topological polar surface area (TPSA) is 105 Å². The van der Waals surface area contributed by atoms with Crippen LogP contribution < -0.4 is 0 Å². The van der Waals surface area contributed by atoms with Crippen LogP contribution in [0.1, 0.15) is 16.7 Å². The molecule has 0 heterocycles. The van der Waals surface area contributed by atoms with Gasteiger partial charge in [0.1, 0.15) is 5.41 Å². The van der Waals surface area contributed by atoms with Gasteiger partial charge in [0.15, 0.2) is 0 Å². The molecule has 9 heteroatoms. The van der Waals surface area contributed by atoms with Crippen molar-refractivity contribution in [1.82, 2.24) is 0 Å². The molecule has 0 amide bonds. The van der Waals surface area contributed by atoms with Crippen molar-refractivity contribution in [3.05, 3.63) is 108 Å². The van der Waals surface area contributed by atoms with E-state index >= 15 is 0 Å². The minimum Gasteiger partial charge on any atom is -0.394 e. The Morgan fingerprint density at radius 3 is 1.24 bits per heavy atom. The minimum absolute atomic E-state index is 0.00334. The number of hydrogen-bond donors (Lipinski definition) is 2. The van der Waals surface area contributed by atoms with Gasteiger partial charge in [-0.3, -0.25) is 0 Å². The summed E-state index contributed by atoms with van der Waals surface area (Å²) in [5.41, 5.74) is 1.22. The summed E-state index contributed by atoms with van der Waals surface area (Å²) < 4.78 is 39.6. The molecule has 2 N–H and O–H groups in total. The summed E-state index contributed by atoms with van der Waals surface area (Å²) >= 11 is 0. The zero-order valence-electron chi connectivity index (χ0n) is 24.6. The molecule has 0 aliphatic heterocycles. The molecule has 0 spiro atoms. The smallest absolute Gasteiger partial charge is 0.236 e. The average Bonchev–Trinajstić information content (AvgIpc) is 3.04. The van der Waals surface area contributed by atoms with Crippen LogP contribution in [0, 0.1) is 0 Å². The molecule has 2 unspecified atom stereocenters. The van der Waals surface area contributed by atoms with Gasteiger partial charge in [-0.25, -0.2) is 0 Å². The van der Waals surface area contributed by atoms with Crippen LogP contribution >= 0.6 is 0 Å². The van der Waals surface area contributed by atoms with E-state index in [9.17, 15) is 5.11 Å². The van der Waals surface area contributed by atoms with E-state index in [0.29, 0.717) is 46.2 Å². The van der Waals surface area contributed by atoms with E-state index in [4.69, 9.17) is 38.3 Å². The predicted octanol–water partition coefficient (Wildman–Crippen LogP) is 3.40. The van der Waals surface area contributed by atoms with Gasteiger partial charge in [0, 0.05) is 14.2 Å². The maximum Gasteiger partial charge on any atom is 0.236 e. The van der Waals surface area contributed by atoms with Crippen molar-refractivity contribution in [3.8, 4) is 0 Å². The van der Waals surface area contributed by atoms with Crippen LogP contribution in [-0.2, 0) is 38.6 Å². The van der Waals surface area contributed by atoms with Gasteiger partial charge in [-0.05, 0) is 16.7 Å². The molecule has 0 bridgehead atoms. The maximum absolute atomic E-state index is 12.6. The highest BCUT2D eigenvalue weighted by Crippen LogP contribution is 2.50. The molecule has 0 aliphatic carbocycles. The van der Waals surface area contributed by atoms with Crippen molar-refractivity contribution in [2.75, 3.05) is 80.3 Å². The van der Waals surface area contributed by atoms with Crippen LogP contribution in [0.5, 0.6) is 0 Å². The van der Waals surface area contributed by atoms with Crippen molar-refractivity contribution < 1.29 is 43.4 Å². The number of aliphatic hydroxyl groups excluding tert-OH is 1.